The van der Waals surface area contributed by atoms with Gasteiger partial charge in [-0.3, -0.25) is 4.79 Å². The van der Waals surface area contributed by atoms with Crippen molar-refractivity contribution in [2.24, 2.45) is 0 Å². The van der Waals surface area contributed by atoms with Crippen LogP contribution in [0.2, 0.25) is 0 Å². The molecule has 0 atom stereocenters. The Balaban J connectivity index is 1.66. The topological polar surface area (TPSA) is 29.1 Å². The second-order valence-electron chi connectivity index (χ2n) is 5.11. The lowest BCUT2D eigenvalue weighted by molar-refractivity contribution is 0.0951. The van der Waals surface area contributed by atoms with E-state index < -0.39 is 0 Å². The molecule has 2 nitrogen and oxygen atoms in total. The van der Waals surface area contributed by atoms with E-state index in [9.17, 15) is 4.79 Å². The van der Waals surface area contributed by atoms with Gasteiger partial charge in [0.05, 0.1) is 0 Å². The first-order valence-corrected chi connectivity index (χ1v) is 7.30. The average Bonchev–Trinajstić information content (AvgIpc) is 2.61. The van der Waals surface area contributed by atoms with Crippen molar-refractivity contribution in [3.05, 3.63) is 96.1 Å². The van der Waals surface area contributed by atoms with Crippen molar-refractivity contribution in [1.82, 2.24) is 5.32 Å². The lowest BCUT2D eigenvalue weighted by Gasteiger charge is -2.07. The highest BCUT2D eigenvalue weighted by molar-refractivity contribution is 5.94. The molecule has 0 bridgehead atoms. The van der Waals surface area contributed by atoms with E-state index in [0.717, 1.165) is 16.7 Å². The van der Waals surface area contributed by atoms with Crippen molar-refractivity contribution in [2.75, 3.05) is 0 Å². The summed E-state index contributed by atoms with van der Waals surface area (Å²) in [4.78, 5) is 12.2. The molecule has 3 aromatic rings. The number of rotatable bonds is 4. The van der Waals surface area contributed by atoms with E-state index in [4.69, 9.17) is 0 Å². The number of nitrogens with one attached hydrogen (secondary N) is 1. The van der Waals surface area contributed by atoms with Crippen molar-refractivity contribution in [3.8, 4) is 11.1 Å². The van der Waals surface area contributed by atoms with Crippen molar-refractivity contribution < 1.29 is 4.79 Å². The van der Waals surface area contributed by atoms with Crippen LogP contribution in [0.25, 0.3) is 11.1 Å². The molecule has 1 N–H and O–H groups in total. The second kappa shape index (κ2) is 6.72. The molecule has 0 fully saturated rings. The van der Waals surface area contributed by atoms with Gasteiger partial charge in [0, 0.05) is 12.1 Å². The van der Waals surface area contributed by atoms with Gasteiger partial charge in [-0.1, -0.05) is 72.8 Å². The van der Waals surface area contributed by atoms with E-state index in [2.05, 4.69) is 17.4 Å². The fourth-order valence-electron chi connectivity index (χ4n) is 2.32. The molecule has 0 heterocycles. The fourth-order valence-corrected chi connectivity index (χ4v) is 2.32. The normalized spacial score (nSPS) is 10.2. The SMILES string of the molecule is O=C(NCc1ccccc1)c1ccc(-c2ccccc2)cc1. The Bertz CT molecular complexity index is 734. The predicted octanol–water partition coefficient (Wildman–Crippen LogP) is 4.28. The number of hydrogen-bond acceptors (Lipinski definition) is 1. The van der Waals surface area contributed by atoms with Crippen LogP contribution in [0.15, 0.2) is 84.9 Å². The van der Waals surface area contributed by atoms with Gasteiger partial charge in [0.15, 0.2) is 0 Å². The highest BCUT2D eigenvalue weighted by Crippen LogP contribution is 2.19. The van der Waals surface area contributed by atoms with Crippen LogP contribution >= 0.6 is 0 Å². The summed E-state index contributed by atoms with van der Waals surface area (Å²) in [6.45, 7) is 0.542. The molecule has 22 heavy (non-hydrogen) atoms. The monoisotopic (exact) mass is 287 g/mol. The molecule has 0 spiro atoms. The lowest BCUT2D eigenvalue weighted by Crippen LogP contribution is -2.22. The third-order valence-corrected chi connectivity index (χ3v) is 3.55. The van der Waals surface area contributed by atoms with Crippen LogP contribution in [0.3, 0.4) is 0 Å². The molecular formula is C20H17NO. The van der Waals surface area contributed by atoms with Crippen LogP contribution in [0.5, 0.6) is 0 Å². The molecule has 3 aromatic carbocycles. The summed E-state index contributed by atoms with van der Waals surface area (Å²) >= 11 is 0. The Labute approximate surface area is 130 Å². The van der Waals surface area contributed by atoms with Crippen LogP contribution in [0.4, 0.5) is 0 Å². The van der Waals surface area contributed by atoms with Crippen LogP contribution < -0.4 is 5.32 Å². The number of amides is 1. The smallest absolute Gasteiger partial charge is 0.251 e. The summed E-state index contributed by atoms with van der Waals surface area (Å²) in [5.41, 5.74) is 4.03. The van der Waals surface area contributed by atoms with E-state index in [1.54, 1.807) is 0 Å². The van der Waals surface area contributed by atoms with Gasteiger partial charge in [-0.2, -0.15) is 0 Å². The van der Waals surface area contributed by atoms with Gasteiger partial charge in [0.2, 0.25) is 0 Å². The van der Waals surface area contributed by atoms with Crippen LogP contribution in [-0.2, 0) is 6.54 Å². The van der Waals surface area contributed by atoms with Crippen LogP contribution in [0.1, 0.15) is 15.9 Å². The Kier molecular flexibility index (Phi) is 4.30. The summed E-state index contributed by atoms with van der Waals surface area (Å²) in [7, 11) is 0. The molecule has 0 saturated heterocycles. The molecule has 0 aromatic heterocycles. The van der Waals surface area contributed by atoms with E-state index in [1.165, 1.54) is 0 Å². The van der Waals surface area contributed by atoms with Crippen LogP contribution in [-0.4, -0.2) is 5.91 Å². The number of carbonyl (C=O) groups excluding carboxylic acids is 1. The minimum absolute atomic E-state index is 0.0523. The average molecular weight is 287 g/mol. The van der Waals surface area contributed by atoms with Crippen molar-refractivity contribution in [2.45, 2.75) is 6.54 Å². The zero-order chi connectivity index (χ0) is 15.2. The van der Waals surface area contributed by atoms with Gasteiger partial charge in [0.1, 0.15) is 0 Å². The highest BCUT2D eigenvalue weighted by Gasteiger charge is 2.05. The fraction of sp³-hybridized carbons (Fsp3) is 0.0500. The summed E-state index contributed by atoms with van der Waals surface area (Å²) in [5, 5.41) is 2.94. The maximum atomic E-state index is 12.2. The molecule has 0 aliphatic carbocycles. The first-order valence-electron chi connectivity index (χ1n) is 7.30. The van der Waals surface area contributed by atoms with Gasteiger partial charge in [0.25, 0.3) is 5.91 Å². The van der Waals surface area contributed by atoms with E-state index >= 15 is 0 Å². The Morgan fingerprint density at radius 1 is 0.682 bits per heavy atom. The first kappa shape index (κ1) is 14.1. The molecular weight excluding hydrogens is 270 g/mol. The summed E-state index contributed by atoms with van der Waals surface area (Å²) in [5.74, 6) is -0.0523. The summed E-state index contributed by atoms with van der Waals surface area (Å²) in [6.07, 6.45) is 0. The number of carbonyl (C=O) groups is 1. The molecule has 3 rings (SSSR count). The van der Waals surface area contributed by atoms with E-state index in [-0.39, 0.29) is 5.91 Å². The minimum atomic E-state index is -0.0523. The Morgan fingerprint density at radius 3 is 1.86 bits per heavy atom. The first-order chi connectivity index (χ1) is 10.8. The summed E-state index contributed by atoms with van der Waals surface area (Å²) < 4.78 is 0. The van der Waals surface area contributed by atoms with Crippen molar-refractivity contribution >= 4 is 5.91 Å². The standard InChI is InChI=1S/C20H17NO/c22-20(21-15-16-7-3-1-4-8-16)19-13-11-18(12-14-19)17-9-5-2-6-10-17/h1-14H,15H2,(H,21,22). The highest BCUT2D eigenvalue weighted by atomic mass is 16.1. The number of benzene rings is 3. The molecule has 0 unspecified atom stereocenters. The molecule has 108 valence electrons. The van der Waals surface area contributed by atoms with Crippen LogP contribution in [0, 0.1) is 0 Å². The maximum absolute atomic E-state index is 12.2. The van der Waals surface area contributed by atoms with E-state index in [0.29, 0.717) is 12.1 Å². The molecule has 0 aliphatic heterocycles. The molecule has 2 heteroatoms. The third-order valence-electron chi connectivity index (χ3n) is 3.55. The zero-order valence-electron chi connectivity index (χ0n) is 12.2. The summed E-state index contributed by atoms with van der Waals surface area (Å²) in [6, 6.07) is 27.7. The molecule has 0 saturated carbocycles. The van der Waals surface area contributed by atoms with Crippen molar-refractivity contribution in [1.29, 1.82) is 0 Å². The molecule has 0 radical (unpaired) electrons. The van der Waals surface area contributed by atoms with E-state index in [1.807, 2.05) is 72.8 Å². The predicted molar refractivity (Wildman–Crippen MR) is 89.5 cm³/mol. The largest absolute Gasteiger partial charge is 0.348 e. The Hall–Kier alpha value is -2.87. The van der Waals surface area contributed by atoms with Gasteiger partial charge in [-0.25, -0.2) is 0 Å². The minimum Gasteiger partial charge on any atom is -0.348 e. The maximum Gasteiger partial charge on any atom is 0.251 e. The lowest BCUT2D eigenvalue weighted by atomic mass is 10.0. The zero-order valence-corrected chi connectivity index (χ0v) is 12.2. The second-order valence-corrected chi connectivity index (χ2v) is 5.11. The van der Waals surface area contributed by atoms with Gasteiger partial charge >= 0.3 is 0 Å². The van der Waals surface area contributed by atoms with Gasteiger partial charge in [-0.05, 0) is 28.8 Å². The Morgan fingerprint density at radius 2 is 1.23 bits per heavy atom. The van der Waals surface area contributed by atoms with Crippen molar-refractivity contribution in [3.63, 3.8) is 0 Å². The molecule has 0 aliphatic rings. The van der Waals surface area contributed by atoms with Gasteiger partial charge in [-0.15, -0.1) is 0 Å². The van der Waals surface area contributed by atoms with Gasteiger partial charge < -0.3 is 5.32 Å². The molecule has 1 amide bonds. The third kappa shape index (κ3) is 3.41. The quantitative estimate of drug-likeness (QED) is 0.762. The number of hydrogen-bond donors (Lipinski definition) is 1.